The van der Waals surface area contributed by atoms with Gasteiger partial charge in [-0.3, -0.25) is 0 Å². The van der Waals surface area contributed by atoms with E-state index in [1.54, 1.807) is 0 Å². The van der Waals surface area contributed by atoms with Gasteiger partial charge in [0.2, 0.25) is 0 Å². The Morgan fingerprint density at radius 1 is 1.46 bits per heavy atom. The number of aryl methyl sites for hydroxylation is 1. The van der Waals surface area contributed by atoms with Gasteiger partial charge in [-0.1, -0.05) is 35.3 Å². The van der Waals surface area contributed by atoms with Gasteiger partial charge in [-0.15, -0.1) is 6.42 Å². The van der Waals surface area contributed by atoms with Crippen LogP contribution in [-0.4, -0.2) is 12.8 Å². The molecule has 0 bridgehead atoms. The predicted octanol–water partition coefficient (Wildman–Crippen LogP) is 1.86. The summed E-state index contributed by atoms with van der Waals surface area (Å²) < 4.78 is 0. The second-order valence-electron chi connectivity index (χ2n) is 2.50. The molecule has 0 N–H and O–H groups in total. The number of hydrogen-bond donors (Lipinski definition) is 0. The summed E-state index contributed by atoms with van der Waals surface area (Å²) in [6.45, 7) is 2.16. The molecule has 2 heteroatoms. The van der Waals surface area contributed by atoms with Crippen molar-refractivity contribution in [2.24, 2.45) is 5.16 Å². The highest BCUT2D eigenvalue weighted by molar-refractivity contribution is 5.80. The van der Waals surface area contributed by atoms with Crippen molar-refractivity contribution >= 4 is 6.21 Å². The maximum absolute atomic E-state index is 4.98. The average molecular weight is 172 g/mol. The fraction of sp³-hybridized carbons (Fsp3) is 0.182. The van der Waals surface area contributed by atoms with Crippen molar-refractivity contribution in [1.82, 2.24) is 0 Å². The number of terminal acetylenes is 1. The zero-order valence-corrected chi connectivity index (χ0v) is 7.45. The molecule has 0 aliphatic heterocycles. The van der Waals surface area contributed by atoms with Crippen LogP contribution in [0, 0.1) is 19.3 Å². The van der Waals surface area contributed by atoms with Crippen molar-refractivity contribution in [3.05, 3.63) is 35.4 Å². The summed E-state index contributed by atoms with van der Waals surface area (Å²) in [5.74, 6) is 2.31. The summed E-state index contributed by atoms with van der Waals surface area (Å²) >= 11 is 0. The standard InChI is InChI=1S/C11H10NO/c1-3-8-13-12-9-11-7-5-4-6-10(11)2/h1,4-7H,8H2,2H3. The van der Waals surface area contributed by atoms with Gasteiger partial charge in [-0.25, -0.2) is 0 Å². The molecule has 1 radical (unpaired) electrons. The van der Waals surface area contributed by atoms with Crippen LogP contribution in [0.2, 0.25) is 0 Å². The summed E-state index contributed by atoms with van der Waals surface area (Å²) in [7, 11) is 0. The number of hydrogen-bond acceptors (Lipinski definition) is 2. The van der Waals surface area contributed by atoms with E-state index in [0.717, 1.165) is 11.1 Å². The fourth-order valence-corrected chi connectivity index (χ4v) is 0.849. The Morgan fingerprint density at radius 3 is 2.92 bits per heavy atom. The minimum Gasteiger partial charge on any atom is -0.382 e. The summed E-state index contributed by atoms with van der Waals surface area (Å²) in [4.78, 5) is 4.72. The molecule has 0 saturated carbocycles. The SMILES string of the molecule is C#CCON=[C]c1ccccc1C. The zero-order valence-electron chi connectivity index (χ0n) is 7.45. The molecule has 0 fully saturated rings. The van der Waals surface area contributed by atoms with Crippen molar-refractivity contribution < 1.29 is 4.84 Å². The molecular weight excluding hydrogens is 162 g/mol. The molecule has 1 rings (SSSR count). The molecule has 0 amide bonds. The first-order chi connectivity index (χ1) is 6.34. The maximum Gasteiger partial charge on any atom is 0.177 e. The Morgan fingerprint density at radius 2 is 2.23 bits per heavy atom. The summed E-state index contributed by atoms with van der Waals surface area (Å²) in [5, 5.41) is 3.60. The van der Waals surface area contributed by atoms with Crippen LogP contribution >= 0.6 is 0 Å². The number of rotatable bonds is 3. The summed E-state index contributed by atoms with van der Waals surface area (Å²) in [6.07, 6.45) is 7.73. The number of benzene rings is 1. The van der Waals surface area contributed by atoms with Gasteiger partial charge in [0, 0.05) is 5.56 Å². The first-order valence-electron chi connectivity index (χ1n) is 3.91. The Labute approximate surface area is 78.2 Å². The lowest BCUT2D eigenvalue weighted by Crippen LogP contribution is -1.88. The third-order valence-electron chi connectivity index (χ3n) is 1.52. The lowest BCUT2D eigenvalue weighted by molar-refractivity contribution is 0.181. The van der Waals surface area contributed by atoms with Gasteiger partial charge >= 0.3 is 0 Å². The van der Waals surface area contributed by atoms with Crippen LogP contribution in [0.4, 0.5) is 0 Å². The third kappa shape index (κ3) is 3.00. The molecule has 1 aromatic carbocycles. The van der Waals surface area contributed by atoms with Crippen LogP contribution in [0.1, 0.15) is 11.1 Å². The number of nitrogens with zero attached hydrogens (tertiary/aromatic N) is 1. The molecule has 0 atom stereocenters. The average Bonchev–Trinajstić information content (AvgIpc) is 2.15. The molecule has 65 valence electrons. The normalized spacial score (nSPS) is 9.85. The van der Waals surface area contributed by atoms with E-state index in [-0.39, 0.29) is 6.61 Å². The van der Waals surface area contributed by atoms with Gasteiger partial charge in [0.25, 0.3) is 0 Å². The van der Waals surface area contributed by atoms with E-state index in [2.05, 4.69) is 17.3 Å². The van der Waals surface area contributed by atoms with Gasteiger partial charge in [0.05, 0.1) is 0 Å². The quantitative estimate of drug-likeness (QED) is 0.295. The maximum atomic E-state index is 4.98. The third-order valence-corrected chi connectivity index (χ3v) is 1.52. The van der Waals surface area contributed by atoms with Crippen LogP contribution in [0.3, 0.4) is 0 Å². The molecule has 2 nitrogen and oxygen atoms in total. The molecule has 0 saturated heterocycles. The molecule has 0 aliphatic carbocycles. The first kappa shape index (κ1) is 9.34. The van der Waals surface area contributed by atoms with Crippen LogP contribution < -0.4 is 0 Å². The summed E-state index contributed by atoms with van der Waals surface area (Å²) in [6, 6.07) is 7.78. The molecule has 0 spiro atoms. The van der Waals surface area contributed by atoms with Crippen LogP contribution in [0.15, 0.2) is 29.4 Å². The van der Waals surface area contributed by atoms with E-state index < -0.39 is 0 Å². The second kappa shape index (κ2) is 5.00. The highest BCUT2D eigenvalue weighted by atomic mass is 16.6. The van der Waals surface area contributed by atoms with Crippen LogP contribution in [0.25, 0.3) is 0 Å². The largest absolute Gasteiger partial charge is 0.382 e. The summed E-state index contributed by atoms with van der Waals surface area (Å²) in [5.41, 5.74) is 2.02. The molecule has 0 heterocycles. The monoisotopic (exact) mass is 172 g/mol. The van der Waals surface area contributed by atoms with Crippen molar-refractivity contribution in [3.8, 4) is 12.3 Å². The van der Waals surface area contributed by atoms with Crippen molar-refractivity contribution in [3.63, 3.8) is 0 Å². The molecule has 1 aromatic rings. The van der Waals surface area contributed by atoms with Crippen molar-refractivity contribution in [1.29, 1.82) is 0 Å². The van der Waals surface area contributed by atoms with E-state index in [1.807, 2.05) is 31.2 Å². The smallest absolute Gasteiger partial charge is 0.177 e. The Balaban J connectivity index is 2.59. The van der Waals surface area contributed by atoms with E-state index in [0.29, 0.717) is 0 Å². The van der Waals surface area contributed by atoms with Gasteiger partial charge < -0.3 is 4.84 Å². The van der Waals surface area contributed by atoms with Gasteiger partial charge in [0.1, 0.15) is 6.21 Å². The van der Waals surface area contributed by atoms with Gasteiger partial charge in [-0.05, 0) is 12.5 Å². The predicted molar refractivity (Wildman–Crippen MR) is 52.5 cm³/mol. The Bertz CT molecular complexity index is 336. The van der Waals surface area contributed by atoms with Gasteiger partial charge in [-0.2, -0.15) is 0 Å². The minimum atomic E-state index is 0.179. The molecular formula is C11H10NO. The highest BCUT2D eigenvalue weighted by Gasteiger charge is 1.92. The molecule has 0 unspecified atom stereocenters. The molecule has 13 heavy (non-hydrogen) atoms. The van der Waals surface area contributed by atoms with E-state index >= 15 is 0 Å². The topological polar surface area (TPSA) is 21.6 Å². The molecule has 0 aromatic heterocycles. The first-order valence-corrected chi connectivity index (χ1v) is 3.91. The lowest BCUT2D eigenvalue weighted by Gasteiger charge is -1.95. The Kier molecular flexibility index (Phi) is 3.59. The van der Waals surface area contributed by atoms with Gasteiger partial charge in [0.15, 0.2) is 6.61 Å². The lowest BCUT2D eigenvalue weighted by atomic mass is 10.1. The zero-order chi connectivity index (χ0) is 9.52. The van der Waals surface area contributed by atoms with E-state index in [1.165, 1.54) is 0 Å². The second-order valence-corrected chi connectivity index (χ2v) is 2.50. The highest BCUT2D eigenvalue weighted by Crippen LogP contribution is 2.03. The van der Waals surface area contributed by atoms with Crippen molar-refractivity contribution in [2.45, 2.75) is 6.92 Å². The van der Waals surface area contributed by atoms with Crippen molar-refractivity contribution in [2.75, 3.05) is 6.61 Å². The van der Waals surface area contributed by atoms with Crippen LogP contribution in [0.5, 0.6) is 0 Å². The Hall–Kier alpha value is -1.75. The van der Waals surface area contributed by atoms with Crippen LogP contribution in [-0.2, 0) is 4.84 Å². The fourth-order valence-electron chi connectivity index (χ4n) is 0.849. The minimum absolute atomic E-state index is 0.179. The molecule has 0 aliphatic rings. The van der Waals surface area contributed by atoms with E-state index in [4.69, 9.17) is 11.3 Å². The van der Waals surface area contributed by atoms with E-state index in [9.17, 15) is 0 Å².